The van der Waals surface area contributed by atoms with E-state index in [1.165, 1.54) is 29.2 Å². The van der Waals surface area contributed by atoms with E-state index in [0.717, 1.165) is 42.7 Å². The first-order valence-corrected chi connectivity index (χ1v) is 11.7. The molecule has 0 spiro atoms. The van der Waals surface area contributed by atoms with E-state index in [2.05, 4.69) is 22.8 Å². The van der Waals surface area contributed by atoms with E-state index in [0.29, 0.717) is 17.6 Å². The maximum Gasteiger partial charge on any atom is 0.573 e. The molecule has 1 saturated heterocycles. The number of carbonyl (C=O) groups excluding carboxylic acids is 2. The van der Waals surface area contributed by atoms with E-state index >= 15 is 0 Å². The number of hydrogen-bond acceptors (Lipinski definition) is 4. The van der Waals surface area contributed by atoms with Crippen molar-refractivity contribution >= 4 is 17.5 Å². The van der Waals surface area contributed by atoms with Crippen LogP contribution in [-0.2, 0) is 16.0 Å². The third-order valence-electron chi connectivity index (χ3n) is 6.66. The van der Waals surface area contributed by atoms with E-state index < -0.39 is 6.36 Å². The van der Waals surface area contributed by atoms with E-state index in [9.17, 15) is 22.8 Å². The van der Waals surface area contributed by atoms with E-state index in [4.69, 9.17) is 0 Å². The molecule has 2 amide bonds. The van der Waals surface area contributed by atoms with Crippen LogP contribution in [0, 0.1) is 0 Å². The number of ether oxygens (including phenoxy) is 1. The number of halogens is 3. The predicted molar refractivity (Wildman–Crippen MR) is 132 cm³/mol. The zero-order valence-corrected chi connectivity index (χ0v) is 19.8. The third kappa shape index (κ3) is 5.53. The fourth-order valence-corrected chi connectivity index (χ4v) is 4.74. The van der Waals surface area contributed by atoms with E-state index in [-0.39, 0.29) is 30.0 Å². The second-order valence-corrected chi connectivity index (χ2v) is 8.79. The summed E-state index contributed by atoms with van der Waals surface area (Å²) < 4.78 is 41.0. The average Bonchev–Trinajstić information content (AvgIpc) is 3.10. The molecule has 0 aromatic heterocycles. The van der Waals surface area contributed by atoms with Gasteiger partial charge in [0.1, 0.15) is 5.75 Å². The highest BCUT2D eigenvalue weighted by Gasteiger charge is 2.35. The summed E-state index contributed by atoms with van der Waals surface area (Å²) in [7, 11) is 0. The summed E-state index contributed by atoms with van der Waals surface area (Å²) in [6, 6.07) is 14.2. The van der Waals surface area contributed by atoms with Crippen molar-refractivity contribution in [1.82, 2.24) is 4.90 Å². The van der Waals surface area contributed by atoms with Gasteiger partial charge in [-0.2, -0.15) is 0 Å². The van der Waals surface area contributed by atoms with E-state index in [1.807, 2.05) is 24.3 Å². The number of amides is 2. The van der Waals surface area contributed by atoms with Crippen molar-refractivity contribution in [1.29, 1.82) is 0 Å². The molecule has 8 heteroatoms. The molecule has 0 N–H and O–H groups in total. The summed E-state index contributed by atoms with van der Waals surface area (Å²) >= 11 is 0. The van der Waals surface area contributed by atoms with Gasteiger partial charge in [-0.1, -0.05) is 49.6 Å². The molecule has 0 atom stereocenters. The van der Waals surface area contributed by atoms with Gasteiger partial charge in [0.15, 0.2) is 0 Å². The molecule has 4 rings (SSSR count). The Morgan fingerprint density at radius 3 is 1.94 bits per heavy atom. The standard InChI is InChI=1S/C28H27F3N2O3/c1-3-24-25(4-2)27(35)33(26(24)34)18-13-19-5-9-22(10-6-19)32-16-14-21(15-17-32)20-7-11-23(12-8-20)36-28(29,30)31/h3-12,21H,1-2,13-18H2. The molecule has 0 bridgehead atoms. The first-order valence-electron chi connectivity index (χ1n) is 11.7. The van der Waals surface area contributed by atoms with Crippen molar-refractivity contribution < 1.29 is 27.5 Å². The van der Waals surface area contributed by atoms with Crippen molar-refractivity contribution in [2.24, 2.45) is 0 Å². The molecule has 2 aromatic rings. The van der Waals surface area contributed by atoms with Gasteiger partial charge in [-0.05, 0) is 60.6 Å². The number of imide groups is 1. The lowest BCUT2D eigenvalue weighted by atomic mass is 9.89. The quantitative estimate of drug-likeness (QED) is 0.450. The number of carbonyl (C=O) groups is 2. The highest BCUT2D eigenvalue weighted by molar-refractivity contribution is 6.21. The number of benzene rings is 2. The molecule has 188 valence electrons. The highest BCUT2D eigenvalue weighted by Crippen LogP contribution is 2.32. The molecule has 2 heterocycles. The lowest BCUT2D eigenvalue weighted by molar-refractivity contribution is -0.274. The molecule has 0 radical (unpaired) electrons. The molecule has 0 saturated carbocycles. The Kier molecular flexibility index (Phi) is 7.33. The Morgan fingerprint density at radius 1 is 0.889 bits per heavy atom. The Morgan fingerprint density at radius 2 is 1.44 bits per heavy atom. The summed E-state index contributed by atoms with van der Waals surface area (Å²) in [6.45, 7) is 9.19. The minimum atomic E-state index is -4.69. The van der Waals surface area contributed by atoms with Gasteiger partial charge in [-0.15, -0.1) is 13.2 Å². The maximum atomic E-state index is 12.5. The van der Waals surface area contributed by atoms with E-state index in [1.54, 1.807) is 12.1 Å². The summed E-state index contributed by atoms with van der Waals surface area (Å²) in [4.78, 5) is 28.5. The van der Waals surface area contributed by atoms with Crippen molar-refractivity contribution in [3.63, 3.8) is 0 Å². The molecular weight excluding hydrogens is 469 g/mol. The number of hydrogen-bond donors (Lipinski definition) is 0. The fourth-order valence-electron chi connectivity index (χ4n) is 4.74. The van der Waals surface area contributed by atoms with Crippen molar-refractivity contribution in [2.45, 2.75) is 31.5 Å². The highest BCUT2D eigenvalue weighted by atomic mass is 19.4. The van der Waals surface area contributed by atoms with Crippen LogP contribution < -0.4 is 9.64 Å². The van der Waals surface area contributed by atoms with Gasteiger partial charge in [-0.25, -0.2) is 0 Å². The SMILES string of the molecule is C=CC1=C(C=C)C(=O)N(CCc2ccc(N3CCC(c4ccc(OC(F)(F)F)cc4)CC3)cc2)C1=O. The third-order valence-corrected chi connectivity index (χ3v) is 6.66. The molecule has 2 aliphatic heterocycles. The Balaban J connectivity index is 1.29. The average molecular weight is 497 g/mol. The molecule has 36 heavy (non-hydrogen) atoms. The number of piperidine rings is 1. The smallest absolute Gasteiger partial charge is 0.406 e. The minimum absolute atomic E-state index is 0.208. The summed E-state index contributed by atoms with van der Waals surface area (Å²) in [5.41, 5.74) is 3.70. The van der Waals surface area contributed by atoms with Crippen LogP contribution >= 0.6 is 0 Å². The van der Waals surface area contributed by atoms with Crippen LogP contribution in [0.3, 0.4) is 0 Å². The van der Waals surface area contributed by atoms with Crippen LogP contribution in [0.1, 0.15) is 29.9 Å². The molecule has 5 nitrogen and oxygen atoms in total. The van der Waals surface area contributed by atoms with Crippen LogP contribution in [0.2, 0.25) is 0 Å². The number of alkyl halides is 3. The Bertz CT molecular complexity index is 1150. The molecule has 2 aliphatic rings. The minimum Gasteiger partial charge on any atom is -0.406 e. The fraction of sp³-hybridized carbons (Fsp3) is 0.286. The van der Waals surface area contributed by atoms with Gasteiger partial charge < -0.3 is 9.64 Å². The second kappa shape index (κ2) is 10.4. The van der Waals surface area contributed by atoms with Crippen LogP contribution in [0.25, 0.3) is 0 Å². The first kappa shape index (κ1) is 25.3. The second-order valence-electron chi connectivity index (χ2n) is 8.79. The Labute approximate surface area is 208 Å². The largest absolute Gasteiger partial charge is 0.573 e. The van der Waals surface area contributed by atoms with Gasteiger partial charge in [0.2, 0.25) is 0 Å². The van der Waals surface area contributed by atoms with Crippen LogP contribution in [0.4, 0.5) is 18.9 Å². The van der Waals surface area contributed by atoms with Gasteiger partial charge in [0.05, 0.1) is 11.1 Å². The van der Waals surface area contributed by atoms with Gasteiger partial charge in [-0.3, -0.25) is 14.5 Å². The zero-order chi connectivity index (χ0) is 25.9. The maximum absolute atomic E-state index is 12.5. The number of rotatable bonds is 8. The lowest BCUT2D eigenvalue weighted by Crippen LogP contribution is -2.33. The Hall–Kier alpha value is -3.81. The molecule has 1 fully saturated rings. The number of anilines is 1. The summed E-state index contributed by atoms with van der Waals surface area (Å²) in [5.74, 6) is -0.606. The first-order chi connectivity index (χ1) is 17.2. The molecule has 2 aromatic carbocycles. The normalized spacial score (nSPS) is 17.1. The lowest BCUT2D eigenvalue weighted by Gasteiger charge is -2.34. The number of nitrogens with zero attached hydrogens (tertiary/aromatic N) is 2. The summed E-state index contributed by atoms with van der Waals surface area (Å²) in [5, 5.41) is 0. The van der Waals surface area contributed by atoms with Crippen LogP contribution in [-0.4, -0.2) is 42.7 Å². The van der Waals surface area contributed by atoms with Gasteiger partial charge in [0, 0.05) is 25.3 Å². The molecule has 0 unspecified atom stereocenters. The van der Waals surface area contributed by atoms with Crippen molar-refractivity contribution in [3.8, 4) is 5.75 Å². The molecular formula is C28H27F3N2O3. The monoisotopic (exact) mass is 496 g/mol. The van der Waals surface area contributed by atoms with Crippen molar-refractivity contribution in [3.05, 3.63) is 96.1 Å². The molecule has 0 aliphatic carbocycles. The van der Waals surface area contributed by atoms with Crippen molar-refractivity contribution in [2.75, 3.05) is 24.5 Å². The summed E-state index contributed by atoms with van der Waals surface area (Å²) in [6.07, 6.45) is 0.435. The predicted octanol–water partition coefficient (Wildman–Crippen LogP) is 5.55. The van der Waals surface area contributed by atoms with Gasteiger partial charge in [0.25, 0.3) is 11.8 Å². The van der Waals surface area contributed by atoms with Crippen LogP contribution in [0.5, 0.6) is 5.75 Å². The zero-order valence-electron chi connectivity index (χ0n) is 19.8. The van der Waals surface area contributed by atoms with Gasteiger partial charge >= 0.3 is 6.36 Å². The topological polar surface area (TPSA) is 49.9 Å². The van der Waals surface area contributed by atoms with Crippen LogP contribution in [0.15, 0.2) is 85.0 Å².